The van der Waals surface area contributed by atoms with Gasteiger partial charge in [0.1, 0.15) is 12.6 Å². The molecule has 0 saturated heterocycles. The molecule has 0 aromatic heterocycles. The van der Waals surface area contributed by atoms with Crippen LogP contribution >= 0.6 is 7.92 Å². The van der Waals surface area contributed by atoms with Crippen LogP contribution in [0.3, 0.4) is 0 Å². The van der Waals surface area contributed by atoms with Crippen LogP contribution in [0.25, 0.3) is 0 Å². The summed E-state index contributed by atoms with van der Waals surface area (Å²) in [6.07, 6.45) is 15.8. The molecule has 0 bridgehead atoms. The Morgan fingerprint density at radius 1 is 0.840 bits per heavy atom. The highest BCUT2D eigenvalue weighted by molar-refractivity contribution is 7.60. The van der Waals surface area contributed by atoms with Gasteiger partial charge in [-0.15, -0.1) is 0 Å². The lowest BCUT2D eigenvalue weighted by atomic mass is 9.99. The van der Waals surface area contributed by atoms with Gasteiger partial charge >= 0.3 is 0 Å². The van der Waals surface area contributed by atoms with Crippen molar-refractivity contribution < 1.29 is 4.74 Å². The second-order valence-corrected chi connectivity index (χ2v) is 10.8. The van der Waals surface area contributed by atoms with E-state index >= 15 is 0 Å². The lowest BCUT2D eigenvalue weighted by Crippen LogP contribution is -2.24. The third-order valence-corrected chi connectivity index (χ3v) is 9.84. The molecule has 1 aromatic rings. The maximum absolute atomic E-state index is 6.10. The van der Waals surface area contributed by atoms with Gasteiger partial charge in [-0.1, -0.05) is 76.8 Å². The summed E-state index contributed by atoms with van der Waals surface area (Å²) in [5.41, 5.74) is 3.26. The summed E-state index contributed by atoms with van der Waals surface area (Å²) >= 11 is 0. The normalized spacial score (nSPS) is 25.8. The summed E-state index contributed by atoms with van der Waals surface area (Å²) in [5, 5.41) is 0. The molecule has 0 N–H and O–H groups in total. The minimum Gasteiger partial charge on any atom is -0.478 e. The van der Waals surface area contributed by atoms with Gasteiger partial charge in [-0.05, 0) is 42.6 Å². The molecule has 136 valence electrons. The van der Waals surface area contributed by atoms with Crippen molar-refractivity contribution in [1.82, 2.24) is 0 Å². The van der Waals surface area contributed by atoms with Crippen LogP contribution in [0.2, 0.25) is 0 Å². The zero-order valence-corrected chi connectivity index (χ0v) is 16.3. The van der Waals surface area contributed by atoms with Gasteiger partial charge in [0.25, 0.3) is 0 Å². The molecule has 1 atom stereocenters. The van der Waals surface area contributed by atoms with Gasteiger partial charge in [0.05, 0.1) is 0 Å². The number of nitrogens with zero attached hydrogens (tertiary/aromatic N) is 1. The Morgan fingerprint density at radius 2 is 1.44 bits per heavy atom. The number of ether oxygens (including phenoxy) is 1. The number of hydrogen-bond donors (Lipinski definition) is 0. The predicted octanol–water partition coefficient (Wildman–Crippen LogP) is 6.30. The number of aliphatic imine (C=N–C) groups is 1. The molecular formula is C22H32NOP. The Labute approximate surface area is 154 Å². The standard InChI is InChI=1S/C22H32NOP/c1-4-10-18(11-5-1)21-16-24-22(23-21)17-25(19-12-6-2-7-13-19)20-14-8-3-9-15-20/h1,4-5,10-11,19-21H,2-3,6-9,12-17H2/t21-/m1/s1. The fourth-order valence-corrected chi connectivity index (χ4v) is 8.55. The highest BCUT2D eigenvalue weighted by Gasteiger charge is 2.33. The molecule has 0 amide bonds. The van der Waals surface area contributed by atoms with Crippen molar-refractivity contribution in [2.45, 2.75) is 81.6 Å². The molecule has 3 aliphatic rings. The average molecular weight is 357 g/mol. The Balaban J connectivity index is 1.46. The van der Waals surface area contributed by atoms with Crippen LogP contribution < -0.4 is 0 Å². The molecule has 0 radical (unpaired) electrons. The van der Waals surface area contributed by atoms with E-state index in [0.29, 0.717) is 0 Å². The maximum atomic E-state index is 6.10. The van der Waals surface area contributed by atoms with Crippen molar-refractivity contribution >= 4 is 13.8 Å². The van der Waals surface area contributed by atoms with E-state index in [4.69, 9.17) is 9.73 Å². The maximum Gasteiger partial charge on any atom is 0.188 e. The van der Waals surface area contributed by atoms with Gasteiger partial charge < -0.3 is 4.74 Å². The Kier molecular flexibility index (Phi) is 6.08. The van der Waals surface area contributed by atoms with E-state index in [1.165, 1.54) is 69.8 Å². The average Bonchev–Trinajstić information content (AvgIpc) is 3.17. The van der Waals surface area contributed by atoms with Gasteiger partial charge in [0.15, 0.2) is 5.90 Å². The van der Waals surface area contributed by atoms with Crippen LogP contribution in [0.15, 0.2) is 35.3 Å². The molecule has 4 rings (SSSR count). The molecule has 25 heavy (non-hydrogen) atoms. The van der Waals surface area contributed by atoms with Crippen LogP contribution in [0, 0.1) is 0 Å². The smallest absolute Gasteiger partial charge is 0.188 e. The van der Waals surface area contributed by atoms with E-state index in [0.717, 1.165) is 30.0 Å². The van der Waals surface area contributed by atoms with Crippen LogP contribution in [-0.4, -0.2) is 30.0 Å². The van der Waals surface area contributed by atoms with Crippen molar-refractivity contribution in [2.75, 3.05) is 12.8 Å². The molecule has 2 fully saturated rings. The van der Waals surface area contributed by atoms with Gasteiger partial charge in [-0.3, -0.25) is 0 Å². The van der Waals surface area contributed by atoms with Gasteiger partial charge in [-0.25, -0.2) is 4.99 Å². The Bertz CT molecular complexity index is 543. The zero-order valence-electron chi connectivity index (χ0n) is 15.4. The number of rotatable bonds is 5. The predicted molar refractivity (Wildman–Crippen MR) is 108 cm³/mol. The summed E-state index contributed by atoms with van der Waals surface area (Å²) in [6, 6.07) is 10.9. The second kappa shape index (κ2) is 8.67. The van der Waals surface area contributed by atoms with E-state index in [1.807, 2.05) is 0 Å². The first kappa shape index (κ1) is 17.5. The number of benzene rings is 1. The molecule has 1 aliphatic heterocycles. The monoisotopic (exact) mass is 357 g/mol. The highest BCUT2D eigenvalue weighted by atomic mass is 31.1. The molecule has 0 spiro atoms. The minimum absolute atomic E-state index is 0.0482. The summed E-state index contributed by atoms with van der Waals surface area (Å²) in [6.45, 7) is 0.748. The Morgan fingerprint density at radius 3 is 2.04 bits per heavy atom. The van der Waals surface area contributed by atoms with Crippen LogP contribution in [0.5, 0.6) is 0 Å². The van der Waals surface area contributed by atoms with Crippen LogP contribution in [0.4, 0.5) is 0 Å². The fraction of sp³-hybridized carbons (Fsp3) is 0.682. The SMILES string of the molecule is c1ccc([C@H]2COC(CP(C3CCCCC3)C3CCCCC3)=N2)cc1. The Hall–Kier alpha value is -0.880. The molecular weight excluding hydrogens is 325 g/mol. The lowest BCUT2D eigenvalue weighted by molar-refractivity contribution is 0.317. The van der Waals surface area contributed by atoms with E-state index in [1.54, 1.807) is 0 Å². The molecule has 3 heteroatoms. The van der Waals surface area contributed by atoms with Crippen molar-refractivity contribution in [3.05, 3.63) is 35.9 Å². The van der Waals surface area contributed by atoms with Crippen LogP contribution in [0.1, 0.15) is 75.8 Å². The van der Waals surface area contributed by atoms with Crippen molar-refractivity contribution in [3.8, 4) is 0 Å². The van der Waals surface area contributed by atoms with Gasteiger partial charge in [0, 0.05) is 6.16 Å². The first-order valence-corrected chi connectivity index (χ1v) is 12.1. The van der Waals surface area contributed by atoms with E-state index in [2.05, 4.69) is 30.3 Å². The van der Waals surface area contributed by atoms with Crippen molar-refractivity contribution in [1.29, 1.82) is 0 Å². The summed E-state index contributed by atoms with van der Waals surface area (Å²) in [5.74, 6) is 1.08. The summed E-state index contributed by atoms with van der Waals surface area (Å²) in [4.78, 5) is 5.00. The van der Waals surface area contributed by atoms with Gasteiger partial charge in [-0.2, -0.15) is 0 Å². The van der Waals surface area contributed by atoms with Crippen molar-refractivity contribution in [3.63, 3.8) is 0 Å². The summed E-state index contributed by atoms with van der Waals surface area (Å²) < 4.78 is 6.10. The van der Waals surface area contributed by atoms with Gasteiger partial charge in [0.2, 0.25) is 0 Å². The molecule has 1 heterocycles. The third-order valence-electron chi connectivity index (χ3n) is 6.30. The molecule has 2 nitrogen and oxygen atoms in total. The molecule has 0 unspecified atom stereocenters. The first-order chi connectivity index (χ1) is 12.4. The first-order valence-electron chi connectivity index (χ1n) is 10.4. The van der Waals surface area contributed by atoms with Crippen LogP contribution in [-0.2, 0) is 4.74 Å². The number of hydrogen-bond acceptors (Lipinski definition) is 2. The highest BCUT2D eigenvalue weighted by Crippen LogP contribution is 2.56. The minimum atomic E-state index is 0.0482. The molecule has 2 saturated carbocycles. The lowest BCUT2D eigenvalue weighted by Gasteiger charge is -2.38. The fourth-order valence-electron chi connectivity index (χ4n) is 4.89. The second-order valence-electron chi connectivity index (χ2n) is 8.02. The third kappa shape index (κ3) is 4.45. The topological polar surface area (TPSA) is 21.6 Å². The molecule has 2 aliphatic carbocycles. The zero-order chi connectivity index (χ0) is 16.9. The van der Waals surface area contributed by atoms with Crippen molar-refractivity contribution in [2.24, 2.45) is 4.99 Å². The molecule has 1 aromatic carbocycles. The largest absolute Gasteiger partial charge is 0.478 e. The van der Waals surface area contributed by atoms with E-state index in [9.17, 15) is 0 Å². The van der Waals surface area contributed by atoms with E-state index < -0.39 is 0 Å². The summed E-state index contributed by atoms with van der Waals surface area (Å²) in [7, 11) is 0.0482. The quantitative estimate of drug-likeness (QED) is 0.566. The van der Waals surface area contributed by atoms with E-state index in [-0.39, 0.29) is 14.0 Å².